The molecule has 1 fully saturated rings. The van der Waals surface area contributed by atoms with Gasteiger partial charge in [0.2, 0.25) is 21.8 Å². The Bertz CT molecular complexity index is 1070. The predicted octanol–water partition coefficient (Wildman–Crippen LogP) is 2.25. The Balaban J connectivity index is 1.58. The quantitative estimate of drug-likeness (QED) is 0.635. The molecule has 0 aliphatic carbocycles. The molecule has 0 saturated carbocycles. The normalized spacial score (nSPS) is 16.0. The zero-order chi connectivity index (χ0) is 23.0. The van der Waals surface area contributed by atoms with E-state index in [-0.39, 0.29) is 50.3 Å². The largest absolute Gasteiger partial charge is 0.340 e. The Kier molecular flexibility index (Phi) is 6.42. The van der Waals surface area contributed by atoms with Crippen LogP contribution in [0.4, 0.5) is 13.2 Å². The van der Waals surface area contributed by atoms with Crippen molar-refractivity contribution in [2.24, 2.45) is 0 Å². The third-order valence-corrected chi connectivity index (χ3v) is 6.82. The molecule has 31 heavy (non-hydrogen) atoms. The van der Waals surface area contributed by atoms with Gasteiger partial charge in [0.15, 0.2) is 23.3 Å². The standard InChI is InChI=1S/C19H23F3N4O4S/c1-19(2,3)18-23-14(30-24-18)6-7-15(27)25-8-10-26(11-9-25)31(28,29)13-5-4-12(20)16(21)17(13)22/h4-5H,6-11H2,1-3H3. The van der Waals surface area contributed by atoms with Crippen LogP contribution in [0.5, 0.6) is 0 Å². The molecule has 170 valence electrons. The number of hydrogen-bond donors (Lipinski definition) is 0. The summed E-state index contributed by atoms with van der Waals surface area (Å²) in [5.74, 6) is -4.40. The lowest BCUT2D eigenvalue weighted by Gasteiger charge is -2.34. The topological polar surface area (TPSA) is 96.6 Å². The summed E-state index contributed by atoms with van der Waals surface area (Å²) < 4.78 is 71.8. The lowest BCUT2D eigenvalue weighted by Crippen LogP contribution is -2.50. The molecule has 1 saturated heterocycles. The van der Waals surface area contributed by atoms with Crippen molar-refractivity contribution in [2.75, 3.05) is 26.2 Å². The van der Waals surface area contributed by atoms with Crippen molar-refractivity contribution in [3.63, 3.8) is 0 Å². The Morgan fingerprint density at radius 1 is 1.10 bits per heavy atom. The van der Waals surface area contributed by atoms with E-state index in [0.717, 1.165) is 4.31 Å². The summed E-state index contributed by atoms with van der Waals surface area (Å²) >= 11 is 0. The molecule has 0 unspecified atom stereocenters. The van der Waals surface area contributed by atoms with Gasteiger partial charge in [-0.25, -0.2) is 21.6 Å². The second-order valence-electron chi connectivity index (χ2n) is 8.22. The number of carbonyl (C=O) groups is 1. The number of aromatic nitrogens is 2. The lowest BCUT2D eigenvalue weighted by molar-refractivity contribution is -0.132. The highest BCUT2D eigenvalue weighted by Gasteiger charge is 2.33. The van der Waals surface area contributed by atoms with Crippen molar-refractivity contribution in [1.82, 2.24) is 19.3 Å². The van der Waals surface area contributed by atoms with E-state index in [4.69, 9.17) is 4.52 Å². The molecule has 0 bridgehead atoms. The van der Waals surface area contributed by atoms with Crippen LogP contribution in [-0.2, 0) is 26.7 Å². The molecule has 3 rings (SSSR count). The Morgan fingerprint density at radius 3 is 2.32 bits per heavy atom. The van der Waals surface area contributed by atoms with E-state index >= 15 is 0 Å². The van der Waals surface area contributed by atoms with Crippen LogP contribution >= 0.6 is 0 Å². The van der Waals surface area contributed by atoms with Crippen molar-refractivity contribution in [3.8, 4) is 0 Å². The number of aryl methyl sites for hydroxylation is 1. The second kappa shape index (κ2) is 8.58. The maximum Gasteiger partial charge on any atom is 0.246 e. The Morgan fingerprint density at radius 2 is 1.74 bits per heavy atom. The van der Waals surface area contributed by atoms with Gasteiger partial charge in [-0.2, -0.15) is 9.29 Å². The van der Waals surface area contributed by atoms with Gasteiger partial charge < -0.3 is 9.42 Å². The molecule has 2 aromatic rings. The van der Waals surface area contributed by atoms with Crippen molar-refractivity contribution >= 4 is 15.9 Å². The Hall–Kier alpha value is -2.47. The average molecular weight is 460 g/mol. The van der Waals surface area contributed by atoms with Gasteiger partial charge >= 0.3 is 0 Å². The smallest absolute Gasteiger partial charge is 0.246 e. The van der Waals surface area contributed by atoms with Crippen LogP contribution in [0.1, 0.15) is 38.9 Å². The molecule has 1 aromatic carbocycles. The van der Waals surface area contributed by atoms with Gasteiger partial charge in [-0.3, -0.25) is 4.79 Å². The van der Waals surface area contributed by atoms with Gasteiger partial charge in [-0.15, -0.1) is 0 Å². The number of sulfonamides is 1. The van der Waals surface area contributed by atoms with Crippen LogP contribution in [0, 0.1) is 17.5 Å². The molecule has 0 radical (unpaired) electrons. The van der Waals surface area contributed by atoms with Gasteiger partial charge in [0.05, 0.1) is 0 Å². The monoisotopic (exact) mass is 460 g/mol. The number of benzene rings is 1. The predicted molar refractivity (Wildman–Crippen MR) is 103 cm³/mol. The minimum atomic E-state index is -4.37. The maximum atomic E-state index is 13.9. The van der Waals surface area contributed by atoms with Gasteiger partial charge in [0.25, 0.3) is 0 Å². The summed E-state index contributed by atoms with van der Waals surface area (Å²) in [6.07, 6.45) is 0.358. The maximum absolute atomic E-state index is 13.9. The van der Waals surface area contributed by atoms with Gasteiger partial charge in [-0.1, -0.05) is 25.9 Å². The van der Waals surface area contributed by atoms with Crippen LogP contribution in [-0.4, -0.2) is 59.8 Å². The number of nitrogens with zero attached hydrogens (tertiary/aromatic N) is 4. The van der Waals surface area contributed by atoms with E-state index in [1.807, 2.05) is 20.8 Å². The molecule has 1 aliphatic heterocycles. The highest BCUT2D eigenvalue weighted by Crippen LogP contribution is 2.24. The van der Waals surface area contributed by atoms with E-state index < -0.39 is 32.4 Å². The van der Waals surface area contributed by atoms with E-state index in [1.54, 1.807) is 0 Å². The van der Waals surface area contributed by atoms with Crippen molar-refractivity contribution in [2.45, 2.75) is 43.9 Å². The minimum absolute atomic E-state index is 0.0838. The first kappa shape index (κ1) is 23.2. The molecule has 0 N–H and O–H groups in total. The fourth-order valence-electron chi connectivity index (χ4n) is 3.06. The first-order valence-corrected chi connectivity index (χ1v) is 11.1. The molecule has 8 nitrogen and oxygen atoms in total. The number of hydrogen-bond acceptors (Lipinski definition) is 6. The van der Waals surface area contributed by atoms with Crippen LogP contribution in [0.3, 0.4) is 0 Å². The first-order chi connectivity index (χ1) is 14.4. The highest BCUT2D eigenvalue weighted by molar-refractivity contribution is 7.89. The number of rotatable bonds is 5. The van der Waals surface area contributed by atoms with E-state index in [1.165, 1.54) is 4.90 Å². The molecule has 0 atom stereocenters. The average Bonchev–Trinajstić information content (AvgIpc) is 3.20. The van der Waals surface area contributed by atoms with E-state index in [2.05, 4.69) is 10.1 Å². The SMILES string of the molecule is CC(C)(C)c1noc(CCC(=O)N2CCN(S(=O)(=O)c3ccc(F)c(F)c3F)CC2)n1. The molecule has 1 aliphatic rings. The van der Waals surface area contributed by atoms with Crippen LogP contribution < -0.4 is 0 Å². The second-order valence-corrected chi connectivity index (χ2v) is 10.1. The zero-order valence-corrected chi connectivity index (χ0v) is 18.2. The number of carbonyl (C=O) groups excluding carboxylic acids is 1. The summed E-state index contributed by atoms with van der Waals surface area (Å²) in [4.78, 5) is 17.3. The van der Waals surface area contributed by atoms with Crippen molar-refractivity contribution < 1.29 is 30.9 Å². The summed E-state index contributed by atoms with van der Waals surface area (Å²) in [5, 5.41) is 3.90. The molecular formula is C19H23F3N4O4S. The summed E-state index contributed by atoms with van der Waals surface area (Å²) in [5.41, 5.74) is -0.277. The number of piperazine rings is 1. The number of halogens is 3. The first-order valence-electron chi connectivity index (χ1n) is 9.65. The van der Waals surface area contributed by atoms with Gasteiger partial charge in [0.1, 0.15) is 4.90 Å². The summed E-state index contributed by atoms with van der Waals surface area (Å²) in [6, 6.07) is 1.25. The van der Waals surface area contributed by atoms with Gasteiger partial charge in [-0.05, 0) is 12.1 Å². The molecule has 1 amide bonds. The summed E-state index contributed by atoms with van der Waals surface area (Å²) in [6.45, 7) is 5.79. The van der Waals surface area contributed by atoms with Crippen LogP contribution in [0.25, 0.3) is 0 Å². The van der Waals surface area contributed by atoms with Crippen molar-refractivity contribution in [3.05, 3.63) is 41.3 Å². The zero-order valence-electron chi connectivity index (χ0n) is 17.4. The molecule has 2 heterocycles. The molecule has 1 aromatic heterocycles. The molecular weight excluding hydrogens is 437 g/mol. The third kappa shape index (κ3) is 4.90. The van der Waals surface area contributed by atoms with Crippen LogP contribution in [0.15, 0.2) is 21.6 Å². The number of amides is 1. The molecule has 0 spiro atoms. The van der Waals surface area contributed by atoms with E-state index in [0.29, 0.717) is 23.8 Å². The summed E-state index contributed by atoms with van der Waals surface area (Å²) in [7, 11) is -4.37. The highest BCUT2D eigenvalue weighted by atomic mass is 32.2. The fraction of sp³-hybridized carbons (Fsp3) is 0.526. The third-order valence-electron chi connectivity index (χ3n) is 4.90. The fourth-order valence-corrected chi connectivity index (χ4v) is 4.54. The van der Waals surface area contributed by atoms with E-state index in [9.17, 15) is 26.4 Å². The van der Waals surface area contributed by atoms with Crippen molar-refractivity contribution in [1.29, 1.82) is 0 Å². The lowest BCUT2D eigenvalue weighted by atomic mass is 9.96. The minimum Gasteiger partial charge on any atom is -0.340 e. The Labute approximate surface area is 178 Å². The van der Waals surface area contributed by atoms with Crippen LogP contribution in [0.2, 0.25) is 0 Å². The van der Waals surface area contributed by atoms with Gasteiger partial charge in [0, 0.05) is 44.4 Å². The molecule has 12 heteroatoms.